The topological polar surface area (TPSA) is 66.0 Å². The van der Waals surface area contributed by atoms with Crippen molar-refractivity contribution in [2.75, 3.05) is 12.8 Å². The standard InChI is InChI=1S/C14H16N4OS/c1-14(2,12-16-6-7-20-12)18-11-5-4-9(19-3)8-10(11)17-13(18)15/h4-8H,1-3H3,(H2,15,17). The van der Waals surface area contributed by atoms with Crippen LogP contribution in [-0.2, 0) is 5.54 Å². The number of hydrogen-bond acceptors (Lipinski definition) is 5. The van der Waals surface area contributed by atoms with E-state index in [0.29, 0.717) is 5.95 Å². The number of thiazole rings is 1. The minimum Gasteiger partial charge on any atom is -0.497 e. The zero-order valence-corrected chi connectivity index (χ0v) is 12.4. The van der Waals surface area contributed by atoms with Gasteiger partial charge in [0, 0.05) is 17.6 Å². The van der Waals surface area contributed by atoms with Crippen molar-refractivity contribution in [2.45, 2.75) is 19.4 Å². The normalized spacial score (nSPS) is 11.9. The molecule has 3 aromatic rings. The molecule has 0 aliphatic carbocycles. The number of fused-ring (bicyclic) bond motifs is 1. The highest BCUT2D eigenvalue weighted by molar-refractivity contribution is 7.09. The summed E-state index contributed by atoms with van der Waals surface area (Å²) in [6.07, 6.45) is 1.81. The summed E-state index contributed by atoms with van der Waals surface area (Å²) in [5, 5.41) is 2.97. The van der Waals surface area contributed by atoms with Gasteiger partial charge in [-0.3, -0.25) is 4.57 Å². The van der Waals surface area contributed by atoms with E-state index in [0.717, 1.165) is 21.8 Å². The van der Waals surface area contributed by atoms with E-state index in [-0.39, 0.29) is 5.54 Å². The summed E-state index contributed by atoms with van der Waals surface area (Å²) < 4.78 is 7.24. The molecular formula is C14H16N4OS. The summed E-state index contributed by atoms with van der Waals surface area (Å²) in [6, 6.07) is 5.78. The summed E-state index contributed by atoms with van der Waals surface area (Å²) in [6.45, 7) is 4.18. The number of ether oxygens (including phenoxy) is 1. The fourth-order valence-corrected chi connectivity index (χ4v) is 3.17. The molecule has 0 saturated carbocycles. The van der Waals surface area contributed by atoms with Gasteiger partial charge in [-0.2, -0.15) is 0 Å². The van der Waals surface area contributed by atoms with Gasteiger partial charge >= 0.3 is 0 Å². The van der Waals surface area contributed by atoms with E-state index < -0.39 is 0 Å². The molecule has 3 rings (SSSR count). The van der Waals surface area contributed by atoms with Crippen molar-refractivity contribution in [1.82, 2.24) is 14.5 Å². The van der Waals surface area contributed by atoms with Crippen molar-refractivity contribution in [2.24, 2.45) is 0 Å². The molecular weight excluding hydrogens is 272 g/mol. The highest BCUT2D eigenvalue weighted by Crippen LogP contribution is 2.34. The number of rotatable bonds is 3. The second-order valence-electron chi connectivity index (χ2n) is 5.06. The first-order valence-corrected chi connectivity index (χ1v) is 7.14. The van der Waals surface area contributed by atoms with E-state index in [1.165, 1.54) is 0 Å². The van der Waals surface area contributed by atoms with Gasteiger partial charge in [0.2, 0.25) is 5.95 Å². The summed E-state index contributed by atoms with van der Waals surface area (Å²) in [7, 11) is 1.64. The molecule has 0 aliphatic heterocycles. The SMILES string of the molecule is COc1ccc2c(c1)nc(N)n2C(C)(C)c1nccs1. The molecule has 2 N–H and O–H groups in total. The van der Waals surface area contributed by atoms with Gasteiger partial charge in [-0.15, -0.1) is 11.3 Å². The van der Waals surface area contributed by atoms with Crippen molar-refractivity contribution in [3.8, 4) is 5.75 Å². The van der Waals surface area contributed by atoms with Crippen LogP contribution in [-0.4, -0.2) is 21.6 Å². The predicted octanol–water partition coefficient (Wildman–Crippen LogP) is 2.87. The summed E-state index contributed by atoms with van der Waals surface area (Å²) >= 11 is 1.61. The molecule has 0 amide bonds. The van der Waals surface area contributed by atoms with Gasteiger partial charge in [0.25, 0.3) is 0 Å². The van der Waals surface area contributed by atoms with E-state index in [4.69, 9.17) is 10.5 Å². The number of hydrogen-bond donors (Lipinski definition) is 1. The Balaban J connectivity index is 2.23. The van der Waals surface area contributed by atoms with Crippen molar-refractivity contribution < 1.29 is 4.74 Å². The molecule has 0 bridgehead atoms. The van der Waals surface area contributed by atoms with E-state index in [1.807, 2.05) is 28.1 Å². The fraction of sp³-hybridized carbons (Fsp3) is 0.286. The number of methoxy groups -OCH3 is 1. The molecule has 0 saturated heterocycles. The quantitative estimate of drug-likeness (QED) is 0.804. The van der Waals surface area contributed by atoms with Crippen LogP contribution in [0, 0.1) is 0 Å². The lowest BCUT2D eigenvalue weighted by Gasteiger charge is -2.26. The Morgan fingerprint density at radius 1 is 1.35 bits per heavy atom. The van der Waals surface area contributed by atoms with Gasteiger partial charge < -0.3 is 10.5 Å². The first kappa shape index (κ1) is 12.9. The van der Waals surface area contributed by atoms with Crippen LogP contribution >= 0.6 is 11.3 Å². The predicted molar refractivity (Wildman–Crippen MR) is 81.2 cm³/mol. The van der Waals surface area contributed by atoms with E-state index in [2.05, 4.69) is 23.8 Å². The molecule has 0 atom stereocenters. The summed E-state index contributed by atoms with van der Waals surface area (Å²) in [4.78, 5) is 8.85. The molecule has 0 radical (unpaired) electrons. The Morgan fingerprint density at radius 2 is 2.15 bits per heavy atom. The molecule has 0 unspecified atom stereocenters. The number of aromatic nitrogens is 3. The number of nitrogens with zero attached hydrogens (tertiary/aromatic N) is 3. The zero-order chi connectivity index (χ0) is 14.3. The van der Waals surface area contributed by atoms with E-state index >= 15 is 0 Å². The second-order valence-corrected chi connectivity index (χ2v) is 5.95. The van der Waals surface area contributed by atoms with Gasteiger partial charge in [-0.1, -0.05) is 0 Å². The third-order valence-electron chi connectivity index (χ3n) is 3.40. The fourth-order valence-electron chi connectivity index (χ4n) is 2.41. The van der Waals surface area contributed by atoms with Crippen LogP contribution in [0.3, 0.4) is 0 Å². The average Bonchev–Trinajstić information content (AvgIpc) is 3.04. The lowest BCUT2D eigenvalue weighted by atomic mass is 10.1. The molecule has 20 heavy (non-hydrogen) atoms. The number of nitrogen functional groups attached to an aromatic ring is 1. The van der Waals surface area contributed by atoms with Crippen molar-refractivity contribution in [1.29, 1.82) is 0 Å². The Bertz CT molecular complexity index is 746. The van der Waals surface area contributed by atoms with Crippen LogP contribution in [0.5, 0.6) is 5.75 Å². The highest BCUT2D eigenvalue weighted by atomic mass is 32.1. The number of anilines is 1. The van der Waals surface area contributed by atoms with Crippen LogP contribution in [0.1, 0.15) is 18.9 Å². The zero-order valence-electron chi connectivity index (χ0n) is 11.6. The number of benzene rings is 1. The van der Waals surface area contributed by atoms with Gasteiger partial charge in [0.15, 0.2) is 0 Å². The Hall–Kier alpha value is -2.08. The van der Waals surface area contributed by atoms with Crippen molar-refractivity contribution in [3.05, 3.63) is 34.8 Å². The summed E-state index contributed by atoms with van der Waals surface area (Å²) in [5.74, 6) is 1.25. The van der Waals surface area contributed by atoms with E-state index in [9.17, 15) is 0 Å². The maximum absolute atomic E-state index is 6.12. The van der Waals surface area contributed by atoms with Gasteiger partial charge in [-0.25, -0.2) is 9.97 Å². The van der Waals surface area contributed by atoms with E-state index in [1.54, 1.807) is 24.6 Å². The highest BCUT2D eigenvalue weighted by Gasteiger charge is 2.29. The average molecular weight is 288 g/mol. The molecule has 1 aromatic carbocycles. The molecule has 2 heterocycles. The minimum atomic E-state index is -0.346. The third-order valence-corrected chi connectivity index (χ3v) is 4.49. The minimum absolute atomic E-state index is 0.346. The largest absolute Gasteiger partial charge is 0.497 e. The molecule has 6 heteroatoms. The molecule has 2 aromatic heterocycles. The first-order valence-electron chi connectivity index (χ1n) is 6.26. The maximum Gasteiger partial charge on any atom is 0.202 e. The number of nitrogens with two attached hydrogens (primary N) is 1. The lowest BCUT2D eigenvalue weighted by molar-refractivity contribution is 0.415. The second kappa shape index (κ2) is 4.49. The number of imidazole rings is 1. The van der Waals surface area contributed by atoms with Gasteiger partial charge in [-0.05, 0) is 26.0 Å². The Kier molecular flexibility index (Phi) is 2.90. The lowest BCUT2D eigenvalue weighted by Crippen LogP contribution is -2.28. The third kappa shape index (κ3) is 1.84. The monoisotopic (exact) mass is 288 g/mol. The van der Waals surface area contributed by atoms with Crippen LogP contribution in [0.25, 0.3) is 11.0 Å². The van der Waals surface area contributed by atoms with Crippen LogP contribution < -0.4 is 10.5 Å². The smallest absolute Gasteiger partial charge is 0.202 e. The Morgan fingerprint density at radius 3 is 2.80 bits per heavy atom. The van der Waals surface area contributed by atoms with Crippen molar-refractivity contribution >= 4 is 28.3 Å². The van der Waals surface area contributed by atoms with Gasteiger partial charge in [0.05, 0.1) is 23.7 Å². The Labute approximate surface area is 121 Å². The molecule has 0 fully saturated rings. The van der Waals surface area contributed by atoms with Crippen molar-refractivity contribution in [3.63, 3.8) is 0 Å². The van der Waals surface area contributed by atoms with Gasteiger partial charge in [0.1, 0.15) is 10.8 Å². The molecule has 104 valence electrons. The van der Waals surface area contributed by atoms with Crippen LogP contribution in [0.4, 0.5) is 5.95 Å². The van der Waals surface area contributed by atoms with Crippen LogP contribution in [0.2, 0.25) is 0 Å². The molecule has 0 spiro atoms. The summed E-state index contributed by atoms with van der Waals surface area (Å²) in [5.41, 5.74) is 7.58. The first-order chi connectivity index (χ1) is 9.54. The maximum atomic E-state index is 6.12. The molecule has 0 aliphatic rings. The van der Waals surface area contributed by atoms with Crippen LogP contribution in [0.15, 0.2) is 29.8 Å². The molecule has 5 nitrogen and oxygen atoms in total.